The largest absolute Gasteiger partial charge is 0.495 e. The molecule has 1 rings (SSSR count). The average molecular weight is 287 g/mol. The van der Waals surface area contributed by atoms with E-state index in [0.717, 1.165) is 0 Å². The summed E-state index contributed by atoms with van der Waals surface area (Å²) in [6.07, 6.45) is -0.335. The predicted octanol–water partition coefficient (Wildman–Crippen LogP) is 2.71. The lowest BCUT2D eigenvalue weighted by Gasteiger charge is -2.14. The second-order valence-electron chi connectivity index (χ2n) is 3.94. The second-order valence-corrected chi connectivity index (χ2v) is 4.32. The van der Waals surface area contributed by atoms with E-state index in [-0.39, 0.29) is 35.0 Å². The SMILES string of the molecule is COc1c(C)cc(C(=O)CCC(=O)O)c(OC)c1Cl. The molecule has 5 nitrogen and oxygen atoms in total. The lowest BCUT2D eigenvalue weighted by molar-refractivity contribution is -0.136. The average Bonchev–Trinajstić information content (AvgIpc) is 2.35. The van der Waals surface area contributed by atoms with Gasteiger partial charge in [-0.1, -0.05) is 11.6 Å². The lowest BCUT2D eigenvalue weighted by Crippen LogP contribution is -2.07. The molecule has 0 aromatic heterocycles. The Kier molecular flexibility index (Phi) is 5.18. The maximum Gasteiger partial charge on any atom is 0.303 e. The molecule has 1 N–H and O–H groups in total. The first-order valence-corrected chi connectivity index (χ1v) is 5.96. The molecule has 1 aromatic carbocycles. The van der Waals surface area contributed by atoms with Gasteiger partial charge in [-0.2, -0.15) is 0 Å². The normalized spacial score (nSPS) is 10.1. The van der Waals surface area contributed by atoms with Crippen molar-refractivity contribution in [2.45, 2.75) is 19.8 Å². The van der Waals surface area contributed by atoms with E-state index in [1.54, 1.807) is 13.0 Å². The Bertz CT molecular complexity index is 510. The molecular formula is C13H15ClO5. The van der Waals surface area contributed by atoms with Crippen LogP contribution in [0.4, 0.5) is 0 Å². The van der Waals surface area contributed by atoms with Crippen LogP contribution in [0.15, 0.2) is 6.07 Å². The highest BCUT2D eigenvalue weighted by molar-refractivity contribution is 6.34. The van der Waals surface area contributed by atoms with Gasteiger partial charge in [0.15, 0.2) is 11.5 Å². The minimum Gasteiger partial charge on any atom is -0.495 e. The maximum absolute atomic E-state index is 12.0. The number of ether oxygens (including phenoxy) is 2. The van der Waals surface area contributed by atoms with Crippen LogP contribution in [0.1, 0.15) is 28.8 Å². The summed E-state index contributed by atoms with van der Waals surface area (Å²) >= 11 is 6.11. The molecule has 104 valence electrons. The molecule has 19 heavy (non-hydrogen) atoms. The number of ketones is 1. The smallest absolute Gasteiger partial charge is 0.303 e. The number of carboxylic acid groups (broad SMARTS) is 1. The van der Waals surface area contributed by atoms with Gasteiger partial charge in [0.1, 0.15) is 10.8 Å². The summed E-state index contributed by atoms with van der Waals surface area (Å²) in [7, 11) is 2.86. The molecule has 0 radical (unpaired) electrons. The van der Waals surface area contributed by atoms with Gasteiger partial charge in [0.2, 0.25) is 0 Å². The summed E-state index contributed by atoms with van der Waals surface area (Å²) in [5, 5.41) is 8.81. The van der Waals surface area contributed by atoms with Crippen LogP contribution in [0.2, 0.25) is 5.02 Å². The number of aryl methyl sites for hydroxylation is 1. The van der Waals surface area contributed by atoms with Crippen molar-refractivity contribution >= 4 is 23.4 Å². The Balaban J connectivity index is 3.20. The van der Waals surface area contributed by atoms with Crippen LogP contribution in [0, 0.1) is 6.92 Å². The molecule has 0 saturated heterocycles. The molecule has 0 amide bonds. The van der Waals surface area contributed by atoms with Gasteiger partial charge in [-0.25, -0.2) is 0 Å². The second kappa shape index (κ2) is 6.43. The van der Waals surface area contributed by atoms with E-state index in [1.165, 1.54) is 14.2 Å². The first-order chi connectivity index (χ1) is 8.92. The van der Waals surface area contributed by atoms with E-state index in [4.69, 9.17) is 26.2 Å². The van der Waals surface area contributed by atoms with Gasteiger partial charge in [0, 0.05) is 6.42 Å². The number of rotatable bonds is 6. The molecule has 0 bridgehead atoms. The molecule has 0 aliphatic heterocycles. The van der Waals surface area contributed by atoms with Gasteiger partial charge < -0.3 is 14.6 Å². The Labute approximate surface area is 116 Å². The van der Waals surface area contributed by atoms with Crippen molar-refractivity contribution in [3.63, 3.8) is 0 Å². The summed E-state index contributed by atoms with van der Waals surface area (Å²) in [6.45, 7) is 1.75. The van der Waals surface area contributed by atoms with E-state index < -0.39 is 5.97 Å². The Morgan fingerprint density at radius 1 is 1.21 bits per heavy atom. The fraction of sp³-hybridized carbons (Fsp3) is 0.385. The van der Waals surface area contributed by atoms with Crippen molar-refractivity contribution in [2.75, 3.05) is 14.2 Å². The number of carbonyl (C=O) groups is 2. The van der Waals surface area contributed by atoms with Crippen LogP contribution < -0.4 is 9.47 Å². The zero-order chi connectivity index (χ0) is 14.6. The molecule has 0 spiro atoms. The third kappa shape index (κ3) is 3.38. The van der Waals surface area contributed by atoms with Crippen molar-refractivity contribution in [2.24, 2.45) is 0 Å². The van der Waals surface area contributed by atoms with E-state index in [9.17, 15) is 9.59 Å². The third-order valence-corrected chi connectivity index (χ3v) is 2.98. The van der Waals surface area contributed by atoms with Crippen LogP contribution in [-0.4, -0.2) is 31.1 Å². The number of methoxy groups -OCH3 is 2. The van der Waals surface area contributed by atoms with Gasteiger partial charge in [-0.05, 0) is 18.6 Å². The molecule has 0 fully saturated rings. The van der Waals surface area contributed by atoms with E-state index in [0.29, 0.717) is 11.3 Å². The molecule has 0 unspecified atom stereocenters. The number of hydrogen-bond donors (Lipinski definition) is 1. The van der Waals surface area contributed by atoms with Crippen LogP contribution in [0.3, 0.4) is 0 Å². The van der Waals surface area contributed by atoms with Crippen molar-refractivity contribution in [3.05, 3.63) is 22.2 Å². The van der Waals surface area contributed by atoms with E-state index in [2.05, 4.69) is 0 Å². The molecule has 0 saturated carbocycles. The minimum absolute atomic E-state index is 0.103. The number of aliphatic carboxylic acids is 1. The summed E-state index contributed by atoms with van der Waals surface area (Å²) in [5.41, 5.74) is 0.957. The number of carbonyl (C=O) groups excluding carboxylic acids is 1. The molecular weight excluding hydrogens is 272 g/mol. The lowest BCUT2D eigenvalue weighted by atomic mass is 10.0. The van der Waals surface area contributed by atoms with Gasteiger partial charge in [0.05, 0.1) is 26.2 Å². The Hall–Kier alpha value is -1.75. The predicted molar refractivity (Wildman–Crippen MR) is 70.5 cm³/mol. The molecule has 1 aromatic rings. The van der Waals surface area contributed by atoms with Gasteiger partial charge in [-0.3, -0.25) is 9.59 Å². The Morgan fingerprint density at radius 3 is 2.26 bits per heavy atom. The highest BCUT2D eigenvalue weighted by Crippen LogP contribution is 2.40. The quantitative estimate of drug-likeness (QED) is 0.814. The van der Waals surface area contributed by atoms with Gasteiger partial charge in [-0.15, -0.1) is 0 Å². The zero-order valence-corrected chi connectivity index (χ0v) is 11.7. The topological polar surface area (TPSA) is 72.8 Å². The number of halogens is 1. The minimum atomic E-state index is -1.02. The van der Waals surface area contributed by atoms with Gasteiger partial charge >= 0.3 is 5.97 Å². The summed E-state index contributed by atoms with van der Waals surface area (Å²) < 4.78 is 10.3. The summed E-state index contributed by atoms with van der Waals surface area (Å²) in [4.78, 5) is 22.5. The summed E-state index contributed by atoms with van der Waals surface area (Å²) in [5.74, 6) is -0.705. The highest BCUT2D eigenvalue weighted by Gasteiger charge is 2.21. The van der Waals surface area contributed by atoms with Crippen molar-refractivity contribution in [1.82, 2.24) is 0 Å². The number of carboxylic acids is 1. The zero-order valence-electron chi connectivity index (χ0n) is 10.9. The van der Waals surface area contributed by atoms with Crippen LogP contribution in [0.5, 0.6) is 11.5 Å². The monoisotopic (exact) mass is 286 g/mol. The number of benzene rings is 1. The summed E-state index contributed by atoms with van der Waals surface area (Å²) in [6, 6.07) is 1.59. The standard InChI is InChI=1S/C13H15ClO5/c1-7-6-8(9(15)4-5-10(16)17)13(19-3)11(14)12(7)18-2/h6H,4-5H2,1-3H3,(H,16,17). The molecule has 0 heterocycles. The first-order valence-electron chi connectivity index (χ1n) is 5.58. The van der Waals surface area contributed by atoms with Crippen LogP contribution >= 0.6 is 11.6 Å². The van der Waals surface area contributed by atoms with Crippen molar-refractivity contribution in [1.29, 1.82) is 0 Å². The first kappa shape index (κ1) is 15.3. The molecule has 0 aliphatic rings. The van der Waals surface area contributed by atoms with Crippen LogP contribution in [0.25, 0.3) is 0 Å². The maximum atomic E-state index is 12.0. The number of Topliss-reactive ketones (excluding diaryl/α,β-unsaturated/α-hetero) is 1. The van der Waals surface area contributed by atoms with Crippen LogP contribution in [-0.2, 0) is 4.79 Å². The molecule has 0 atom stereocenters. The third-order valence-electron chi connectivity index (χ3n) is 2.64. The number of hydrogen-bond acceptors (Lipinski definition) is 4. The van der Waals surface area contributed by atoms with E-state index >= 15 is 0 Å². The van der Waals surface area contributed by atoms with E-state index in [1.807, 2.05) is 0 Å². The highest BCUT2D eigenvalue weighted by atomic mass is 35.5. The molecule has 6 heteroatoms. The van der Waals surface area contributed by atoms with Crippen molar-refractivity contribution in [3.8, 4) is 11.5 Å². The van der Waals surface area contributed by atoms with Gasteiger partial charge in [0.25, 0.3) is 0 Å². The Morgan fingerprint density at radius 2 is 1.79 bits per heavy atom. The fourth-order valence-electron chi connectivity index (χ4n) is 1.75. The van der Waals surface area contributed by atoms with Crippen molar-refractivity contribution < 1.29 is 24.2 Å². The molecule has 0 aliphatic carbocycles. The fourth-order valence-corrected chi connectivity index (χ4v) is 2.16.